The third-order valence-corrected chi connectivity index (χ3v) is 7.17. The van der Waals surface area contributed by atoms with Gasteiger partial charge in [0, 0.05) is 20.1 Å². The number of carbonyl (C=O) groups is 1. The zero-order valence-corrected chi connectivity index (χ0v) is 20.4. The zero-order valence-electron chi connectivity index (χ0n) is 19.6. The number of nitrogens with one attached hydrogen (secondary N) is 1. The Morgan fingerprint density at radius 2 is 1.52 bits per heavy atom. The van der Waals surface area contributed by atoms with Crippen molar-refractivity contribution in [1.29, 1.82) is 0 Å². The lowest BCUT2D eigenvalue weighted by atomic mass is 9.98. The molecule has 0 unspecified atom stereocenters. The van der Waals surface area contributed by atoms with Gasteiger partial charge in [-0.3, -0.25) is 4.79 Å². The molecular weight excluding hydrogens is 434 g/mol. The summed E-state index contributed by atoms with van der Waals surface area (Å²) in [5, 5.41) is 2.86. The Balaban J connectivity index is 1.65. The average Bonchev–Trinajstić information content (AvgIpc) is 2.78. The van der Waals surface area contributed by atoms with E-state index in [0.29, 0.717) is 6.54 Å². The first-order chi connectivity index (χ1) is 15.7. The molecule has 0 spiro atoms. The van der Waals surface area contributed by atoms with E-state index in [9.17, 15) is 13.2 Å². The standard InChI is InChI=1S/C26H31N3O3S/c1-20-9-15-24(16-10-20)33(31,32)29(4)19-26(30)27-17-23-7-5-6-8-25(23)22-13-11-21(12-14-22)18-28(2)3/h5-16H,17-19H2,1-4H3,(H,27,30). The lowest BCUT2D eigenvalue weighted by Gasteiger charge is -2.17. The maximum absolute atomic E-state index is 12.7. The molecule has 0 aliphatic rings. The summed E-state index contributed by atoms with van der Waals surface area (Å²) in [6, 6.07) is 22.9. The first kappa shape index (κ1) is 24.6. The van der Waals surface area contributed by atoms with E-state index in [0.717, 1.165) is 33.1 Å². The summed E-state index contributed by atoms with van der Waals surface area (Å²) < 4.78 is 26.5. The predicted molar refractivity (Wildman–Crippen MR) is 132 cm³/mol. The zero-order chi connectivity index (χ0) is 24.0. The Kier molecular flexibility index (Phi) is 8.02. The SMILES string of the molecule is Cc1ccc(S(=O)(=O)N(C)CC(=O)NCc2ccccc2-c2ccc(CN(C)C)cc2)cc1. The third kappa shape index (κ3) is 6.51. The monoisotopic (exact) mass is 465 g/mol. The Hall–Kier alpha value is -3.00. The molecule has 3 aromatic rings. The van der Waals surface area contributed by atoms with Gasteiger partial charge in [-0.25, -0.2) is 8.42 Å². The van der Waals surface area contributed by atoms with Gasteiger partial charge >= 0.3 is 0 Å². The quantitative estimate of drug-likeness (QED) is 0.524. The van der Waals surface area contributed by atoms with Crippen LogP contribution < -0.4 is 5.32 Å². The highest BCUT2D eigenvalue weighted by atomic mass is 32.2. The minimum Gasteiger partial charge on any atom is -0.351 e. The van der Waals surface area contributed by atoms with Crippen LogP contribution in [0.4, 0.5) is 0 Å². The molecule has 0 aromatic heterocycles. The first-order valence-electron chi connectivity index (χ1n) is 10.8. The molecule has 7 heteroatoms. The fourth-order valence-electron chi connectivity index (χ4n) is 3.54. The van der Waals surface area contributed by atoms with Crippen molar-refractivity contribution >= 4 is 15.9 Å². The average molecular weight is 466 g/mol. The molecule has 0 radical (unpaired) electrons. The summed E-state index contributed by atoms with van der Waals surface area (Å²) in [6.45, 7) is 2.82. The van der Waals surface area contributed by atoms with E-state index >= 15 is 0 Å². The molecular formula is C26H31N3O3S. The molecule has 33 heavy (non-hydrogen) atoms. The number of hydrogen-bond acceptors (Lipinski definition) is 4. The van der Waals surface area contributed by atoms with Gasteiger partial charge in [0.25, 0.3) is 0 Å². The molecule has 0 bridgehead atoms. The smallest absolute Gasteiger partial charge is 0.243 e. The molecule has 1 N–H and O–H groups in total. The van der Waals surface area contributed by atoms with E-state index in [1.165, 1.54) is 12.6 Å². The number of amides is 1. The van der Waals surface area contributed by atoms with Gasteiger partial charge in [0.15, 0.2) is 0 Å². The van der Waals surface area contributed by atoms with Gasteiger partial charge in [-0.2, -0.15) is 4.31 Å². The highest BCUT2D eigenvalue weighted by Gasteiger charge is 2.22. The fourth-order valence-corrected chi connectivity index (χ4v) is 4.67. The maximum Gasteiger partial charge on any atom is 0.243 e. The van der Waals surface area contributed by atoms with Gasteiger partial charge in [-0.05, 0) is 55.4 Å². The highest BCUT2D eigenvalue weighted by Crippen LogP contribution is 2.24. The van der Waals surface area contributed by atoms with Crippen molar-refractivity contribution in [3.63, 3.8) is 0 Å². The van der Waals surface area contributed by atoms with E-state index in [2.05, 4.69) is 34.5 Å². The number of hydrogen-bond donors (Lipinski definition) is 1. The molecule has 6 nitrogen and oxygen atoms in total. The molecule has 3 rings (SSSR count). The molecule has 1 amide bonds. The lowest BCUT2D eigenvalue weighted by molar-refractivity contribution is -0.121. The van der Waals surface area contributed by atoms with Crippen LogP contribution in [0.3, 0.4) is 0 Å². The molecule has 174 valence electrons. The van der Waals surface area contributed by atoms with Gasteiger partial charge < -0.3 is 10.2 Å². The van der Waals surface area contributed by atoms with Gasteiger partial charge in [0.05, 0.1) is 11.4 Å². The second-order valence-corrected chi connectivity index (χ2v) is 10.5. The van der Waals surface area contributed by atoms with Crippen LogP contribution >= 0.6 is 0 Å². The number of rotatable bonds is 9. The van der Waals surface area contributed by atoms with Crippen molar-refractivity contribution in [3.05, 3.63) is 89.5 Å². The second-order valence-electron chi connectivity index (χ2n) is 8.44. The largest absolute Gasteiger partial charge is 0.351 e. The number of aryl methyl sites for hydroxylation is 1. The van der Waals surface area contributed by atoms with Gasteiger partial charge in [0.2, 0.25) is 15.9 Å². The van der Waals surface area contributed by atoms with E-state index in [4.69, 9.17) is 0 Å². The summed E-state index contributed by atoms with van der Waals surface area (Å²) >= 11 is 0. The fraction of sp³-hybridized carbons (Fsp3) is 0.269. The van der Waals surface area contributed by atoms with E-state index in [-0.39, 0.29) is 17.3 Å². The normalized spacial score (nSPS) is 11.7. The summed E-state index contributed by atoms with van der Waals surface area (Å²) in [7, 11) is 1.76. The van der Waals surface area contributed by atoms with Crippen molar-refractivity contribution in [2.45, 2.75) is 24.9 Å². The molecule has 0 atom stereocenters. The Morgan fingerprint density at radius 3 is 2.15 bits per heavy atom. The summed E-state index contributed by atoms with van der Waals surface area (Å²) in [6.07, 6.45) is 0. The van der Waals surface area contributed by atoms with Crippen LogP contribution in [0.15, 0.2) is 77.7 Å². The molecule has 0 saturated carbocycles. The molecule has 0 fully saturated rings. The molecule has 3 aromatic carbocycles. The van der Waals surface area contributed by atoms with Gasteiger partial charge in [-0.1, -0.05) is 66.2 Å². The Labute approximate surface area is 196 Å². The lowest BCUT2D eigenvalue weighted by Crippen LogP contribution is -2.38. The predicted octanol–water partition coefficient (Wildman–Crippen LogP) is 3.66. The van der Waals surface area contributed by atoms with Crippen molar-refractivity contribution in [3.8, 4) is 11.1 Å². The van der Waals surface area contributed by atoms with Gasteiger partial charge in [-0.15, -0.1) is 0 Å². The molecule has 0 saturated heterocycles. The van der Waals surface area contributed by atoms with E-state index in [1.54, 1.807) is 24.3 Å². The van der Waals surface area contributed by atoms with Crippen LogP contribution in [0.2, 0.25) is 0 Å². The van der Waals surface area contributed by atoms with Gasteiger partial charge in [0.1, 0.15) is 0 Å². The van der Waals surface area contributed by atoms with Crippen LogP contribution in [-0.2, 0) is 27.9 Å². The maximum atomic E-state index is 12.7. The Morgan fingerprint density at radius 1 is 0.879 bits per heavy atom. The van der Waals surface area contributed by atoms with Crippen LogP contribution in [-0.4, -0.2) is 51.2 Å². The molecule has 0 aliphatic carbocycles. The minimum atomic E-state index is -3.73. The number of benzene rings is 3. The molecule has 0 aliphatic heterocycles. The minimum absolute atomic E-state index is 0.173. The van der Waals surface area contributed by atoms with Crippen LogP contribution in [0, 0.1) is 6.92 Å². The number of carbonyl (C=O) groups excluding carboxylic acids is 1. The molecule has 0 heterocycles. The van der Waals surface area contributed by atoms with Crippen LogP contribution in [0.5, 0.6) is 0 Å². The Bertz CT molecular complexity index is 1190. The second kappa shape index (κ2) is 10.7. The van der Waals surface area contributed by atoms with Crippen molar-refractivity contribution in [2.24, 2.45) is 0 Å². The first-order valence-corrected chi connectivity index (χ1v) is 12.2. The van der Waals surface area contributed by atoms with E-state index in [1.807, 2.05) is 45.3 Å². The van der Waals surface area contributed by atoms with Crippen molar-refractivity contribution in [1.82, 2.24) is 14.5 Å². The van der Waals surface area contributed by atoms with E-state index < -0.39 is 10.0 Å². The summed E-state index contributed by atoms with van der Waals surface area (Å²) in [4.78, 5) is 14.8. The topological polar surface area (TPSA) is 69.7 Å². The highest BCUT2D eigenvalue weighted by molar-refractivity contribution is 7.89. The number of likely N-dealkylation sites (N-methyl/N-ethyl adjacent to an activating group) is 1. The van der Waals surface area contributed by atoms with Crippen LogP contribution in [0.25, 0.3) is 11.1 Å². The third-order valence-electron chi connectivity index (χ3n) is 5.35. The van der Waals surface area contributed by atoms with Crippen molar-refractivity contribution in [2.75, 3.05) is 27.7 Å². The van der Waals surface area contributed by atoms with Crippen molar-refractivity contribution < 1.29 is 13.2 Å². The summed E-state index contributed by atoms with van der Waals surface area (Å²) in [5.41, 5.74) is 5.28. The summed E-state index contributed by atoms with van der Waals surface area (Å²) in [5.74, 6) is -0.357. The number of sulfonamides is 1. The number of nitrogens with zero attached hydrogens (tertiary/aromatic N) is 2. The van der Waals surface area contributed by atoms with Crippen LogP contribution in [0.1, 0.15) is 16.7 Å².